The molecule has 0 unspecified atom stereocenters. The summed E-state index contributed by atoms with van der Waals surface area (Å²) in [5.41, 5.74) is 0. The minimum Gasteiger partial charge on any atom is -0.355 e. The van der Waals surface area contributed by atoms with Gasteiger partial charge in [-0.05, 0) is 25.7 Å². The molecule has 0 aromatic heterocycles. The van der Waals surface area contributed by atoms with Gasteiger partial charge in [-0.15, -0.1) is 30.6 Å². The number of aliphatic imine (C=N–C) groups is 1. The summed E-state index contributed by atoms with van der Waals surface area (Å²) in [4.78, 5) is 6.34. The van der Waals surface area contributed by atoms with Gasteiger partial charge in [-0.25, -0.2) is 12.7 Å². The van der Waals surface area contributed by atoms with E-state index in [2.05, 4.69) is 21.8 Å². The minimum atomic E-state index is -3.00. The second kappa shape index (κ2) is 12.1. The molecule has 1 aliphatic heterocycles. The summed E-state index contributed by atoms with van der Waals surface area (Å²) >= 11 is 0. The van der Waals surface area contributed by atoms with E-state index in [4.69, 9.17) is 0 Å². The number of sulfonamides is 1. The van der Waals surface area contributed by atoms with E-state index in [9.17, 15) is 8.42 Å². The molecule has 0 spiro atoms. The molecule has 23 heavy (non-hydrogen) atoms. The van der Waals surface area contributed by atoms with Crippen LogP contribution in [0.5, 0.6) is 0 Å². The van der Waals surface area contributed by atoms with Crippen LogP contribution in [-0.2, 0) is 10.0 Å². The lowest BCUT2D eigenvalue weighted by Gasteiger charge is -2.23. The van der Waals surface area contributed by atoms with Crippen LogP contribution in [0.3, 0.4) is 0 Å². The third-order valence-corrected chi connectivity index (χ3v) is 5.78. The molecule has 136 valence electrons. The molecule has 0 atom stereocenters. The van der Waals surface area contributed by atoms with E-state index < -0.39 is 10.0 Å². The molecule has 0 aromatic rings. The summed E-state index contributed by atoms with van der Waals surface area (Å²) in [6.07, 6.45) is 7.24. The Labute approximate surface area is 158 Å². The number of nitrogens with one attached hydrogen (secondary N) is 1. The number of guanidine groups is 1. The zero-order valence-corrected chi connectivity index (χ0v) is 17.5. The number of hydrogen-bond donors (Lipinski definition) is 1. The molecule has 0 aromatic carbocycles. The second-order valence-corrected chi connectivity index (χ2v) is 7.69. The van der Waals surface area contributed by atoms with Crippen LogP contribution in [0.1, 0.15) is 32.1 Å². The Morgan fingerprint density at radius 3 is 2.70 bits per heavy atom. The molecule has 0 aliphatic carbocycles. The summed E-state index contributed by atoms with van der Waals surface area (Å²) < 4.78 is 25.0. The Bertz CT molecular complexity index is 468. The van der Waals surface area contributed by atoms with Crippen molar-refractivity contribution in [1.29, 1.82) is 0 Å². The first kappa shape index (κ1) is 22.6. The molecular formula is C15H31IN4O2S. The molecule has 0 amide bonds. The van der Waals surface area contributed by atoms with Gasteiger partial charge in [0.05, 0.1) is 5.75 Å². The molecule has 1 aliphatic rings. The number of halogens is 1. The van der Waals surface area contributed by atoms with Crippen LogP contribution in [0.4, 0.5) is 0 Å². The van der Waals surface area contributed by atoms with Gasteiger partial charge in [-0.2, -0.15) is 0 Å². The van der Waals surface area contributed by atoms with Crippen molar-refractivity contribution in [2.45, 2.75) is 32.1 Å². The average Bonchev–Trinajstić information content (AvgIpc) is 2.82. The van der Waals surface area contributed by atoms with Crippen molar-refractivity contribution in [1.82, 2.24) is 14.5 Å². The van der Waals surface area contributed by atoms with Gasteiger partial charge in [-0.3, -0.25) is 4.99 Å². The van der Waals surface area contributed by atoms with Gasteiger partial charge in [0.15, 0.2) is 5.96 Å². The molecule has 0 saturated carbocycles. The number of nitrogens with zero attached hydrogens (tertiary/aromatic N) is 3. The fraction of sp³-hybridized carbons (Fsp3) is 0.800. The largest absolute Gasteiger partial charge is 0.355 e. The van der Waals surface area contributed by atoms with Gasteiger partial charge < -0.3 is 10.2 Å². The first-order valence-electron chi connectivity index (χ1n) is 8.01. The van der Waals surface area contributed by atoms with Crippen molar-refractivity contribution < 1.29 is 8.42 Å². The van der Waals surface area contributed by atoms with E-state index in [1.807, 2.05) is 13.1 Å². The quantitative estimate of drug-likeness (QED) is 0.189. The third kappa shape index (κ3) is 8.35. The van der Waals surface area contributed by atoms with Crippen LogP contribution >= 0.6 is 24.0 Å². The highest BCUT2D eigenvalue weighted by atomic mass is 127. The van der Waals surface area contributed by atoms with Crippen molar-refractivity contribution in [2.75, 3.05) is 46.0 Å². The Hall–Kier alpha value is -0.350. The average molecular weight is 458 g/mol. The maximum absolute atomic E-state index is 11.7. The van der Waals surface area contributed by atoms with E-state index in [-0.39, 0.29) is 29.7 Å². The first-order valence-corrected chi connectivity index (χ1v) is 9.62. The van der Waals surface area contributed by atoms with Crippen LogP contribution in [-0.4, -0.2) is 69.6 Å². The minimum absolute atomic E-state index is 0. The maximum atomic E-state index is 11.7. The predicted octanol–water partition coefficient (Wildman–Crippen LogP) is 1.89. The van der Waals surface area contributed by atoms with Gasteiger partial charge in [0.25, 0.3) is 0 Å². The number of allylic oxidation sites excluding steroid dienone is 1. The smallest absolute Gasteiger partial charge is 0.214 e. The van der Waals surface area contributed by atoms with Gasteiger partial charge >= 0.3 is 0 Å². The van der Waals surface area contributed by atoms with Crippen LogP contribution in [0.25, 0.3) is 0 Å². The lowest BCUT2D eigenvalue weighted by atomic mass is 10.2. The summed E-state index contributed by atoms with van der Waals surface area (Å²) in [5, 5.41) is 3.24. The molecular weight excluding hydrogens is 427 g/mol. The summed E-state index contributed by atoms with van der Waals surface area (Å²) in [6, 6.07) is 0. The normalized spacial score (nSPS) is 17.6. The van der Waals surface area contributed by atoms with Crippen LogP contribution in [0, 0.1) is 0 Å². The van der Waals surface area contributed by atoms with Gasteiger partial charge in [0.1, 0.15) is 0 Å². The molecule has 1 rings (SSSR count). The maximum Gasteiger partial charge on any atom is 0.214 e. The monoisotopic (exact) mass is 458 g/mol. The SMILES string of the molecule is C=CCCCCCN(C)C(=NC)NCCN1CCCS1(=O)=O.I. The fourth-order valence-corrected chi connectivity index (χ4v) is 4.07. The highest BCUT2D eigenvalue weighted by molar-refractivity contribution is 14.0. The zero-order chi connectivity index (χ0) is 16.4. The lowest BCUT2D eigenvalue weighted by molar-refractivity contribution is 0.428. The van der Waals surface area contributed by atoms with E-state index in [0.717, 1.165) is 31.8 Å². The van der Waals surface area contributed by atoms with Crippen LogP contribution in [0.15, 0.2) is 17.6 Å². The summed E-state index contributed by atoms with van der Waals surface area (Å²) in [6.45, 7) is 6.41. The lowest BCUT2D eigenvalue weighted by Crippen LogP contribution is -2.43. The van der Waals surface area contributed by atoms with E-state index in [1.54, 1.807) is 11.4 Å². The van der Waals surface area contributed by atoms with Gasteiger partial charge in [0, 0.05) is 40.3 Å². The Morgan fingerprint density at radius 2 is 2.13 bits per heavy atom. The zero-order valence-electron chi connectivity index (χ0n) is 14.3. The predicted molar refractivity (Wildman–Crippen MR) is 108 cm³/mol. The van der Waals surface area contributed by atoms with Crippen molar-refractivity contribution in [2.24, 2.45) is 4.99 Å². The Kier molecular flexibility index (Phi) is 11.9. The van der Waals surface area contributed by atoms with E-state index in [0.29, 0.717) is 19.6 Å². The second-order valence-electron chi connectivity index (χ2n) is 5.60. The van der Waals surface area contributed by atoms with Gasteiger partial charge in [0.2, 0.25) is 10.0 Å². The third-order valence-electron chi connectivity index (χ3n) is 3.82. The molecule has 8 heteroatoms. The standard InChI is InChI=1S/C15H30N4O2S.HI/c1-4-5-6-7-8-11-18(3)15(16-2)17-10-13-19-12-9-14-22(19,20)21;/h4H,1,5-14H2,2-3H3,(H,16,17);1H. The highest BCUT2D eigenvalue weighted by Gasteiger charge is 2.27. The van der Waals surface area contributed by atoms with E-state index in [1.165, 1.54) is 12.8 Å². The molecule has 1 saturated heterocycles. The molecule has 1 N–H and O–H groups in total. The topological polar surface area (TPSA) is 65.0 Å². The number of hydrogen-bond acceptors (Lipinski definition) is 3. The van der Waals surface area contributed by atoms with Crippen LogP contribution in [0.2, 0.25) is 0 Å². The van der Waals surface area contributed by atoms with Crippen molar-refractivity contribution >= 4 is 40.0 Å². The Balaban J connectivity index is 0.00000484. The molecule has 0 bridgehead atoms. The van der Waals surface area contributed by atoms with Crippen LogP contribution < -0.4 is 5.32 Å². The molecule has 1 fully saturated rings. The summed E-state index contributed by atoms with van der Waals surface area (Å²) in [5.74, 6) is 1.10. The molecule has 1 heterocycles. The molecule has 6 nitrogen and oxygen atoms in total. The number of rotatable bonds is 9. The summed E-state index contributed by atoms with van der Waals surface area (Å²) in [7, 11) is 0.759. The van der Waals surface area contributed by atoms with Crippen molar-refractivity contribution in [3.63, 3.8) is 0 Å². The van der Waals surface area contributed by atoms with Crippen molar-refractivity contribution in [3.05, 3.63) is 12.7 Å². The highest BCUT2D eigenvalue weighted by Crippen LogP contribution is 2.11. The first-order chi connectivity index (χ1) is 10.5. The van der Waals surface area contributed by atoms with E-state index >= 15 is 0 Å². The van der Waals surface area contributed by atoms with Gasteiger partial charge in [-0.1, -0.05) is 12.5 Å². The molecule has 0 radical (unpaired) electrons. The fourth-order valence-electron chi connectivity index (χ4n) is 2.54. The van der Waals surface area contributed by atoms with Crippen molar-refractivity contribution in [3.8, 4) is 0 Å². The number of unbranched alkanes of at least 4 members (excludes halogenated alkanes) is 3. The Morgan fingerprint density at radius 1 is 1.39 bits per heavy atom.